The Kier molecular flexibility index (Phi) is 3.59. The lowest BCUT2D eigenvalue weighted by Gasteiger charge is -2.18. The summed E-state index contributed by atoms with van der Waals surface area (Å²) >= 11 is 0. The fourth-order valence-corrected chi connectivity index (χ4v) is 2.24. The summed E-state index contributed by atoms with van der Waals surface area (Å²) in [5.41, 5.74) is 3.02. The molecule has 1 unspecified atom stereocenters. The molecule has 0 saturated carbocycles. The minimum Gasteiger partial charge on any atom is -0.480 e. The molecule has 0 aliphatic rings. The van der Waals surface area contributed by atoms with Gasteiger partial charge in [0.15, 0.2) is 21.2 Å². The largest absolute Gasteiger partial charge is 0.480 e. The van der Waals surface area contributed by atoms with Crippen LogP contribution in [0.2, 0.25) is 0 Å². The molecule has 0 saturated heterocycles. The van der Waals surface area contributed by atoms with Crippen molar-refractivity contribution in [2.45, 2.75) is 17.4 Å². The number of Topliss-reactive ketones (excluding diaryl/α,β-unsaturated/α-hetero) is 1. The van der Waals surface area contributed by atoms with E-state index in [4.69, 9.17) is 10.8 Å². The molecule has 3 N–H and O–H groups in total. The van der Waals surface area contributed by atoms with Gasteiger partial charge in [-0.2, -0.15) is 0 Å². The van der Waals surface area contributed by atoms with Crippen LogP contribution in [-0.2, 0) is 14.6 Å². The second kappa shape index (κ2) is 4.51. The van der Waals surface area contributed by atoms with E-state index in [1.807, 2.05) is 0 Å². The minimum absolute atomic E-state index is 0.215. The highest BCUT2D eigenvalue weighted by molar-refractivity contribution is 7.90. The SMILES string of the molecule is CC(N)(C(=O)O)C(=O)c1ccccc1S(C)(=O)=O. The van der Waals surface area contributed by atoms with E-state index in [2.05, 4.69) is 0 Å². The van der Waals surface area contributed by atoms with Gasteiger partial charge in [-0.3, -0.25) is 4.79 Å². The summed E-state index contributed by atoms with van der Waals surface area (Å²) in [4.78, 5) is 22.7. The molecule has 0 aliphatic carbocycles. The van der Waals surface area contributed by atoms with E-state index in [0.29, 0.717) is 0 Å². The van der Waals surface area contributed by atoms with Gasteiger partial charge in [0.05, 0.1) is 4.90 Å². The van der Waals surface area contributed by atoms with Crippen LogP contribution in [0.15, 0.2) is 29.2 Å². The van der Waals surface area contributed by atoms with Crippen LogP contribution in [0.4, 0.5) is 0 Å². The average Bonchev–Trinajstić information content (AvgIpc) is 2.26. The minimum atomic E-state index is -3.63. The van der Waals surface area contributed by atoms with E-state index in [9.17, 15) is 18.0 Å². The van der Waals surface area contributed by atoms with Gasteiger partial charge in [0.1, 0.15) is 0 Å². The normalized spacial score (nSPS) is 14.8. The first-order valence-electron chi connectivity index (χ1n) is 4.94. The van der Waals surface area contributed by atoms with Crippen molar-refractivity contribution >= 4 is 21.6 Å². The van der Waals surface area contributed by atoms with E-state index in [1.165, 1.54) is 24.3 Å². The average molecular weight is 271 g/mol. The lowest BCUT2D eigenvalue weighted by Crippen LogP contribution is -2.52. The highest BCUT2D eigenvalue weighted by Crippen LogP contribution is 2.20. The van der Waals surface area contributed by atoms with Crippen molar-refractivity contribution in [3.63, 3.8) is 0 Å². The van der Waals surface area contributed by atoms with Gasteiger partial charge in [0.25, 0.3) is 0 Å². The van der Waals surface area contributed by atoms with Crippen molar-refractivity contribution < 1.29 is 23.1 Å². The second-order valence-electron chi connectivity index (χ2n) is 4.10. The van der Waals surface area contributed by atoms with Crippen molar-refractivity contribution in [3.05, 3.63) is 29.8 Å². The number of hydrogen-bond donors (Lipinski definition) is 2. The molecule has 1 aromatic rings. The number of carbonyl (C=O) groups is 2. The van der Waals surface area contributed by atoms with Gasteiger partial charge in [-0.1, -0.05) is 12.1 Å². The quantitative estimate of drug-likeness (QED) is 0.591. The molecule has 0 amide bonds. The van der Waals surface area contributed by atoms with E-state index < -0.39 is 27.1 Å². The topological polar surface area (TPSA) is 115 Å². The Hall–Kier alpha value is -1.73. The smallest absolute Gasteiger partial charge is 0.331 e. The van der Waals surface area contributed by atoms with E-state index in [1.54, 1.807) is 0 Å². The number of aliphatic carboxylic acids is 1. The van der Waals surface area contributed by atoms with Crippen LogP contribution in [0.5, 0.6) is 0 Å². The van der Waals surface area contributed by atoms with Crippen molar-refractivity contribution in [1.82, 2.24) is 0 Å². The number of carbonyl (C=O) groups excluding carboxylic acids is 1. The maximum atomic E-state index is 12.0. The number of hydrogen-bond acceptors (Lipinski definition) is 5. The van der Waals surface area contributed by atoms with Crippen LogP contribution in [-0.4, -0.2) is 37.1 Å². The Balaban J connectivity index is 3.45. The number of carboxylic acid groups (broad SMARTS) is 1. The fourth-order valence-electron chi connectivity index (χ4n) is 1.35. The van der Waals surface area contributed by atoms with Gasteiger partial charge in [0, 0.05) is 11.8 Å². The number of rotatable bonds is 4. The first kappa shape index (κ1) is 14.3. The van der Waals surface area contributed by atoms with Gasteiger partial charge in [-0.25, -0.2) is 13.2 Å². The summed E-state index contributed by atoms with van der Waals surface area (Å²) in [7, 11) is -3.63. The predicted molar refractivity (Wildman–Crippen MR) is 64.1 cm³/mol. The number of carboxylic acids is 1. The zero-order chi connectivity index (χ0) is 14.1. The second-order valence-corrected chi connectivity index (χ2v) is 6.09. The first-order chi connectivity index (χ1) is 8.08. The molecule has 1 aromatic carbocycles. The first-order valence-corrected chi connectivity index (χ1v) is 6.83. The zero-order valence-electron chi connectivity index (χ0n) is 9.88. The Morgan fingerprint density at radius 1 is 1.28 bits per heavy atom. The standard InChI is InChI=1S/C11H13NO5S/c1-11(12,10(14)15)9(13)7-5-3-4-6-8(7)18(2,16)17/h3-6H,12H2,1-2H3,(H,14,15). The summed E-state index contributed by atoms with van der Waals surface area (Å²) in [5, 5.41) is 8.87. The van der Waals surface area contributed by atoms with Crippen LogP contribution < -0.4 is 5.73 Å². The van der Waals surface area contributed by atoms with Gasteiger partial charge in [-0.05, 0) is 19.1 Å². The van der Waals surface area contributed by atoms with E-state index in [-0.39, 0.29) is 10.5 Å². The van der Waals surface area contributed by atoms with Crippen molar-refractivity contribution in [3.8, 4) is 0 Å². The van der Waals surface area contributed by atoms with Crippen LogP contribution in [0.3, 0.4) is 0 Å². The van der Waals surface area contributed by atoms with Crippen LogP contribution >= 0.6 is 0 Å². The summed E-state index contributed by atoms with van der Waals surface area (Å²) in [6.07, 6.45) is 0.938. The maximum absolute atomic E-state index is 12.0. The number of nitrogens with two attached hydrogens (primary N) is 1. The Labute approximate surface area is 104 Å². The molecule has 0 spiro atoms. The fraction of sp³-hybridized carbons (Fsp3) is 0.273. The Morgan fingerprint density at radius 2 is 1.78 bits per heavy atom. The van der Waals surface area contributed by atoms with Gasteiger partial charge in [-0.15, -0.1) is 0 Å². The summed E-state index contributed by atoms with van der Waals surface area (Å²) in [5.74, 6) is -2.47. The third-order valence-corrected chi connectivity index (χ3v) is 3.60. The van der Waals surface area contributed by atoms with Gasteiger partial charge < -0.3 is 10.8 Å². The third-order valence-electron chi connectivity index (χ3n) is 2.45. The molecule has 0 heterocycles. The molecule has 1 rings (SSSR count). The molecule has 1 atom stereocenters. The molecule has 98 valence electrons. The van der Waals surface area contributed by atoms with Gasteiger partial charge in [0.2, 0.25) is 0 Å². The molecule has 0 aromatic heterocycles. The number of ketones is 1. The molecule has 0 radical (unpaired) electrons. The van der Waals surface area contributed by atoms with Crippen molar-refractivity contribution in [2.75, 3.05) is 6.26 Å². The Morgan fingerprint density at radius 3 is 2.22 bits per heavy atom. The Bertz CT molecular complexity index is 604. The molecule has 7 heteroatoms. The molecule has 0 aliphatic heterocycles. The van der Waals surface area contributed by atoms with Crippen LogP contribution in [0, 0.1) is 0 Å². The molecular formula is C11H13NO5S. The van der Waals surface area contributed by atoms with Gasteiger partial charge >= 0.3 is 5.97 Å². The molecule has 18 heavy (non-hydrogen) atoms. The van der Waals surface area contributed by atoms with Crippen molar-refractivity contribution in [1.29, 1.82) is 0 Å². The molecule has 0 fully saturated rings. The lowest BCUT2D eigenvalue weighted by molar-refractivity contribution is -0.140. The highest BCUT2D eigenvalue weighted by atomic mass is 32.2. The molecular weight excluding hydrogens is 258 g/mol. The van der Waals surface area contributed by atoms with E-state index >= 15 is 0 Å². The maximum Gasteiger partial charge on any atom is 0.331 e. The number of benzene rings is 1. The third kappa shape index (κ3) is 2.57. The zero-order valence-corrected chi connectivity index (χ0v) is 10.7. The summed E-state index contributed by atoms with van der Waals surface area (Å²) in [6, 6.07) is 5.37. The lowest BCUT2D eigenvalue weighted by atomic mass is 9.92. The summed E-state index contributed by atoms with van der Waals surface area (Å²) in [6.45, 7) is 1.02. The van der Waals surface area contributed by atoms with Crippen LogP contribution in [0.1, 0.15) is 17.3 Å². The summed E-state index contributed by atoms with van der Waals surface area (Å²) < 4.78 is 23.0. The molecule has 0 bridgehead atoms. The van der Waals surface area contributed by atoms with Crippen LogP contribution in [0.25, 0.3) is 0 Å². The molecule has 6 nitrogen and oxygen atoms in total. The predicted octanol–water partition coefficient (Wildman–Crippen LogP) is 0.0748. The number of sulfone groups is 1. The monoisotopic (exact) mass is 271 g/mol. The van der Waals surface area contributed by atoms with E-state index in [0.717, 1.165) is 13.2 Å². The highest BCUT2D eigenvalue weighted by Gasteiger charge is 2.39. The van der Waals surface area contributed by atoms with Crippen molar-refractivity contribution in [2.24, 2.45) is 5.73 Å².